The van der Waals surface area contributed by atoms with E-state index >= 15 is 0 Å². The van der Waals surface area contributed by atoms with Gasteiger partial charge in [-0.15, -0.1) is 0 Å². The maximum Gasteiger partial charge on any atom is 0.416 e. The van der Waals surface area contributed by atoms with Crippen LogP contribution in [0.4, 0.5) is 21.0 Å². The fourth-order valence-corrected chi connectivity index (χ4v) is 6.02. The van der Waals surface area contributed by atoms with Gasteiger partial charge in [-0.2, -0.15) is 0 Å². The van der Waals surface area contributed by atoms with Crippen molar-refractivity contribution in [2.45, 2.75) is 72.1 Å². The molecule has 0 aliphatic rings. The molecule has 0 heterocycles. The average molecular weight is 693 g/mol. The summed E-state index contributed by atoms with van der Waals surface area (Å²) >= 11 is 0. The Morgan fingerprint density at radius 1 is 0.725 bits per heavy atom. The molecule has 0 spiro atoms. The minimum absolute atomic E-state index is 0.129. The largest absolute Gasteiger partial charge is 0.472 e. The van der Waals surface area contributed by atoms with Crippen molar-refractivity contribution in [1.82, 2.24) is 0 Å². The van der Waals surface area contributed by atoms with Gasteiger partial charge in [0.2, 0.25) is 0 Å². The predicted molar refractivity (Wildman–Crippen MR) is 207 cm³/mol. The van der Waals surface area contributed by atoms with Crippen molar-refractivity contribution >= 4 is 29.1 Å². The topological polar surface area (TPSA) is 77.5 Å². The smallest absolute Gasteiger partial charge is 0.416 e. The average Bonchev–Trinajstić information content (AvgIpc) is 3.13. The molecule has 0 N–H and O–H groups in total. The Morgan fingerprint density at radius 3 is 1.69 bits per heavy atom. The Hall–Kier alpha value is -5.24. The maximum absolute atomic E-state index is 13.1. The van der Waals surface area contributed by atoms with Crippen LogP contribution in [0.25, 0.3) is 16.7 Å². The number of amides is 2. The summed E-state index contributed by atoms with van der Waals surface area (Å²) in [5, 5.41) is 0. The number of carbonyl (C=O) groups excluding carboxylic acids is 2. The van der Waals surface area contributed by atoms with Crippen LogP contribution in [-0.4, -0.2) is 39.9 Å². The number of ether oxygens (including phenoxy) is 4. The molecule has 0 bridgehead atoms. The molecule has 2 amide bonds. The van der Waals surface area contributed by atoms with Crippen LogP contribution in [0.2, 0.25) is 0 Å². The van der Waals surface area contributed by atoms with Crippen LogP contribution in [-0.2, 0) is 14.9 Å². The van der Waals surface area contributed by atoms with Crippen LogP contribution in [0.15, 0.2) is 97.6 Å². The summed E-state index contributed by atoms with van der Waals surface area (Å²) in [6, 6.07) is 28.8. The van der Waals surface area contributed by atoms with Crippen molar-refractivity contribution in [3.63, 3.8) is 0 Å². The molecule has 270 valence electrons. The minimum atomic E-state index is -0.554. The van der Waals surface area contributed by atoms with Gasteiger partial charge in [0.15, 0.2) is 13.5 Å². The van der Waals surface area contributed by atoms with Crippen LogP contribution in [0, 0.1) is 6.92 Å². The molecule has 0 fully saturated rings. The normalized spacial score (nSPS) is 11.0. The lowest BCUT2D eigenvalue weighted by atomic mass is 9.78. The summed E-state index contributed by atoms with van der Waals surface area (Å²) in [4.78, 5) is 29.1. The SMILES string of the molecule is C=C(C)c1ccc(C)cc1-c1c(OCN(C(=O)OC)c2ccccc2)cc(C(C)(C)CCCCCC)cc1OCN(C(=O)OC)c1ccccc1. The molecule has 0 saturated carbocycles. The summed E-state index contributed by atoms with van der Waals surface area (Å²) in [6.45, 7) is 14.7. The number of rotatable bonds is 16. The highest BCUT2D eigenvalue weighted by Crippen LogP contribution is 2.46. The summed E-state index contributed by atoms with van der Waals surface area (Å²) in [5.74, 6) is 1.04. The monoisotopic (exact) mass is 692 g/mol. The minimum Gasteiger partial charge on any atom is -0.472 e. The lowest BCUT2D eigenvalue weighted by Gasteiger charge is -2.30. The second-order valence-corrected chi connectivity index (χ2v) is 13.4. The standard InChI is InChI=1S/C43H52N2O6/c1-9-10-11-18-25-43(5,6)33-27-38(50-29-44(41(46)48-7)34-19-14-12-15-20-34)40(37-26-32(4)23-24-36(37)31(2)3)39(28-33)51-30-45(42(47)49-8)35-21-16-13-17-22-35/h12-17,19-24,26-28H,2,9-11,18,25,29-30H2,1,3-8H3. The molecule has 0 aliphatic carbocycles. The lowest BCUT2D eigenvalue weighted by molar-refractivity contribution is 0.170. The van der Waals surface area contributed by atoms with Crippen molar-refractivity contribution in [2.75, 3.05) is 37.5 Å². The van der Waals surface area contributed by atoms with Crippen molar-refractivity contribution in [3.05, 3.63) is 114 Å². The van der Waals surface area contributed by atoms with Crippen LogP contribution in [0.1, 0.15) is 76.5 Å². The van der Waals surface area contributed by atoms with Gasteiger partial charge in [0.1, 0.15) is 11.5 Å². The highest BCUT2D eigenvalue weighted by molar-refractivity contribution is 5.89. The molecule has 0 aliphatic heterocycles. The first-order valence-corrected chi connectivity index (χ1v) is 17.5. The molecule has 8 nitrogen and oxygen atoms in total. The van der Waals surface area contributed by atoms with Crippen molar-refractivity contribution in [3.8, 4) is 22.6 Å². The van der Waals surface area contributed by atoms with E-state index in [-0.39, 0.29) is 18.9 Å². The molecule has 4 aromatic rings. The predicted octanol–water partition coefficient (Wildman–Crippen LogP) is 11.2. The van der Waals surface area contributed by atoms with Gasteiger partial charge in [0, 0.05) is 0 Å². The molecule has 51 heavy (non-hydrogen) atoms. The molecular weight excluding hydrogens is 640 g/mol. The van der Waals surface area contributed by atoms with Crippen LogP contribution in [0.3, 0.4) is 0 Å². The van der Waals surface area contributed by atoms with Gasteiger partial charge in [0.05, 0.1) is 31.2 Å². The number of carbonyl (C=O) groups is 2. The Kier molecular flexibility index (Phi) is 13.7. The number of para-hydroxylation sites is 2. The number of unbranched alkanes of at least 4 members (excludes halogenated alkanes) is 3. The van der Waals surface area contributed by atoms with Gasteiger partial charge >= 0.3 is 12.2 Å². The van der Waals surface area contributed by atoms with Gasteiger partial charge < -0.3 is 18.9 Å². The molecule has 4 rings (SSSR count). The third-order valence-corrected chi connectivity index (χ3v) is 9.03. The van der Waals surface area contributed by atoms with E-state index in [1.165, 1.54) is 30.4 Å². The molecular formula is C43H52N2O6. The zero-order valence-corrected chi connectivity index (χ0v) is 31.2. The Labute approximate surface area is 303 Å². The number of hydrogen-bond donors (Lipinski definition) is 0. The summed E-state index contributed by atoms with van der Waals surface area (Å²) in [5.41, 5.74) is 6.36. The Balaban J connectivity index is 1.93. The second-order valence-electron chi connectivity index (χ2n) is 13.4. The first-order chi connectivity index (χ1) is 24.5. The number of benzene rings is 4. The number of anilines is 2. The van der Waals surface area contributed by atoms with E-state index in [9.17, 15) is 9.59 Å². The van der Waals surface area contributed by atoms with Gasteiger partial charge in [-0.1, -0.05) is 119 Å². The number of hydrogen-bond acceptors (Lipinski definition) is 6. The summed E-state index contributed by atoms with van der Waals surface area (Å²) < 4.78 is 23.7. The zero-order chi connectivity index (χ0) is 37.0. The van der Waals surface area contributed by atoms with E-state index < -0.39 is 12.2 Å². The molecule has 0 unspecified atom stereocenters. The molecule has 0 atom stereocenters. The lowest BCUT2D eigenvalue weighted by Crippen LogP contribution is -2.35. The molecule has 8 heteroatoms. The highest BCUT2D eigenvalue weighted by atomic mass is 16.6. The van der Waals surface area contributed by atoms with E-state index in [0.29, 0.717) is 28.4 Å². The highest BCUT2D eigenvalue weighted by Gasteiger charge is 2.28. The van der Waals surface area contributed by atoms with Crippen LogP contribution >= 0.6 is 0 Å². The van der Waals surface area contributed by atoms with E-state index in [1.54, 1.807) is 0 Å². The van der Waals surface area contributed by atoms with Gasteiger partial charge in [-0.25, -0.2) is 19.4 Å². The quantitative estimate of drug-likeness (QED) is 0.0859. The number of allylic oxidation sites excluding steroid dienone is 1. The van der Waals surface area contributed by atoms with Gasteiger partial charge in [0.25, 0.3) is 0 Å². The van der Waals surface area contributed by atoms with Crippen LogP contribution < -0.4 is 19.3 Å². The third kappa shape index (κ3) is 9.94. The molecule has 4 aromatic carbocycles. The Bertz CT molecular complexity index is 1690. The number of aryl methyl sites for hydroxylation is 1. The molecule has 0 radical (unpaired) electrons. The second kappa shape index (κ2) is 18.1. The zero-order valence-electron chi connectivity index (χ0n) is 31.2. The first-order valence-electron chi connectivity index (χ1n) is 17.5. The van der Waals surface area contributed by atoms with Crippen LogP contribution in [0.5, 0.6) is 11.5 Å². The number of methoxy groups -OCH3 is 2. The maximum atomic E-state index is 13.1. The van der Waals surface area contributed by atoms with Crippen molar-refractivity contribution in [1.29, 1.82) is 0 Å². The van der Waals surface area contributed by atoms with E-state index in [1.807, 2.05) is 86.6 Å². The van der Waals surface area contributed by atoms with Crippen molar-refractivity contribution < 1.29 is 28.5 Å². The summed E-state index contributed by atoms with van der Waals surface area (Å²) in [7, 11) is 2.70. The number of nitrogens with zero attached hydrogens (tertiary/aromatic N) is 2. The van der Waals surface area contributed by atoms with Crippen molar-refractivity contribution in [2.24, 2.45) is 0 Å². The summed E-state index contributed by atoms with van der Waals surface area (Å²) in [6.07, 6.45) is 4.39. The molecule has 0 aromatic heterocycles. The molecule has 0 saturated heterocycles. The third-order valence-electron chi connectivity index (χ3n) is 9.03. The van der Waals surface area contributed by atoms with E-state index in [4.69, 9.17) is 18.9 Å². The van der Waals surface area contributed by atoms with E-state index in [2.05, 4.69) is 45.5 Å². The van der Waals surface area contributed by atoms with E-state index in [0.717, 1.165) is 53.5 Å². The fourth-order valence-electron chi connectivity index (χ4n) is 6.02. The fraction of sp³-hybridized carbons (Fsp3) is 0.349. The Morgan fingerprint density at radius 2 is 1.24 bits per heavy atom. The first kappa shape index (κ1) is 38.6. The van der Waals surface area contributed by atoms with Gasteiger partial charge in [-0.05, 0) is 78.8 Å². The van der Waals surface area contributed by atoms with Gasteiger partial charge in [-0.3, -0.25) is 0 Å².